The van der Waals surface area contributed by atoms with Crippen LogP contribution in [0, 0.1) is 0 Å². The fourth-order valence-electron chi connectivity index (χ4n) is 2.02. The van der Waals surface area contributed by atoms with Crippen LogP contribution in [-0.4, -0.2) is 12.1 Å². The average Bonchev–Trinajstić information content (AvgIpc) is 2.89. The van der Waals surface area contributed by atoms with E-state index >= 15 is 0 Å². The van der Waals surface area contributed by atoms with Gasteiger partial charge in [0.15, 0.2) is 5.76 Å². The highest BCUT2D eigenvalue weighted by atomic mass is 35.5. The molecule has 20 heavy (non-hydrogen) atoms. The summed E-state index contributed by atoms with van der Waals surface area (Å²) >= 11 is 5.87. The number of furan rings is 1. The van der Waals surface area contributed by atoms with Gasteiger partial charge in [-0.25, -0.2) is 0 Å². The molecule has 0 spiro atoms. The molecule has 0 fully saturated rings. The van der Waals surface area contributed by atoms with E-state index in [2.05, 4.69) is 0 Å². The monoisotopic (exact) mass is 284 g/mol. The summed E-state index contributed by atoms with van der Waals surface area (Å²) in [5.41, 5.74) is 1.58. The van der Waals surface area contributed by atoms with E-state index in [1.54, 1.807) is 48.5 Å². The van der Waals surface area contributed by atoms with Crippen LogP contribution in [0.4, 0.5) is 0 Å². The molecular weight excluding hydrogens is 276 g/mol. The van der Waals surface area contributed by atoms with Crippen LogP contribution in [0.1, 0.15) is 26.5 Å². The Hall–Kier alpha value is -2.39. The summed E-state index contributed by atoms with van der Waals surface area (Å²) in [7, 11) is 0. The Bertz CT molecular complexity index is 817. The van der Waals surface area contributed by atoms with Crippen molar-refractivity contribution in [3.63, 3.8) is 0 Å². The highest BCUT2D eigenvalue weighted by Gasteiger charge is 2.15. The zero-order valence-electron chi connectivity index (χ0n) is 10.3. The van der Waals surface area contributed by atoms with Crippen molar-refractivity contribution < 1.29 is 14.0 Å². The van der Waals surface area contributed by atoms with Crippen molar-refractivity contribution in [3.8, 4) is 0 Å². The number of benzene rings is 2. The lowest BCUT2D eigenvalue weighted by atomic mass is 10.1. The maximum atomic E-state index is 12.3. The summed E-state index contributed by atoms with van der Waals surface area (Å²) in [6, 6.07) is 13.3. The first-order valence-corrected chi connectivity index (χ1v) is 6.34. The minimum atomic E-state index is -0.239. The number of fused-ring (bicyclic) bond motifs is 1. The molecule has 4 heteroatoms. The van der Waals surface area contributed by atoms with E-state index < -0.39 is 0 Å². The number of aldehydes is 1. The molecule has 0 radical (unpaired) electrons. The van der Waals surface area contributed by atoms with Crippen LogP contribution in [-0.2, 0) is 0 Å². The summed E-state index contributed by atoms with van der Waals surface area (Å²) in [5, 5.41) is 1.22. The molecule has 0 N–H and O–H groups in total. The highest BCUT2D eigenvalue weighted by molar-refractivity contribution is 6.31. The van der Waals surface area contributed by atoms with Crippen LogP contribution < -0.4 is 0 Å². The molecule has 98 valence electrons. The lowest BCUT2D eigenvalue weighted by Crippen LogP contribution is -1.98. The number of rotatable bonds is 3. The van der Waals surface area contributed by atoms with Gasteiger partial charge in [-0.3, -0.25) is 9.59 Å². The van der Waals surface area contributed by atoms with E-state index in [-0.39, 0.29) is 11.5 Å². The summed E-state index contributed by atoms with van der Waals surface area (Å²) in [4.78, 5) is 23.0. The normalized spacial score (nSPS) is 10.7. The summed E-state index contributed by atoms with van der Waals surface area (Å²) in [5.74, 6) is -0.0123. The van der Waals surface area contributed by atoms with Crippen molar-refractivity contribution in [2.24, 2.45) is 0 Å². The molecule has 1 heterocycles. The Morgan fingerprint density at radius 2 is 1.95 bits per heavy atom. The summed E-state index contributed by atoms with van der Waals surface area (Å²) in [6.07, 6.45) is 0.755. The number of hydrogen-bond donors (Lipinski definition) is 0. The maximum absolute atomic E-state index is 12.3. The third kappa shape index (κ3) is 2.24. The Morgan fingerprint density at radius 1 is 1.10 bits per heavy atom. The van der Waals surface area contributed by atoms with E-state index in [1.807, 2.05) is 0 Å². The van der Waals surface area contributed by atoms with Crippen molar-refractivity contribution >= 4 is 34.6 Å². The van der Waals surface area contributed by atoms with E-state index in [1.165, 1.54) is 0 Å². The molecule has 0 unspecified atom stereocenters. The van der Waals surface area contributed by atoms with Gasteiger partial charge in [-0.05, 0) is 36.4 Å². The van der Waals surface area contributed by atoms with E-state index in [9.17, 15) is 9.59 Å². The van der Waals surface area contributed by atoms with Crippen LogP contribution >= 0.6 is 11.6 Å². The quantitative estimate of drug-likeness (QED) is 0.537. The smallest absolute Gasteiger partial charge is 0.228 e. The average molecular weight is 285 g/mol. The largest absolute Gasteiger partial charge is 0.453 e. The first-order valence-electron chi connectivity index (χ1n) is 5.96. The summed E-state index contributed by atoms with van der Waals surface area (Å²) < 4.78 is 5.52. The zero-order valence-corrected chi connectivity index (χ0v) is 11.1. The minimum Gasteiger partial charge on any atom is -0.453 e. The van der Waals surface area contributed by atoms with Crippen LogP contribution in [0.2, 0.25) is 5.02 Å². The Labute approximate surface area is 119 Å². The van der Waals surface area contributed by atoms with Crippen LogP contribution in [0.5, 0.6) is 0 Å². The molecule has 0 atom stereocenters. The molecule has 0 saturated heterocycles. The molecule has 1 aromatic heterocycles. The number of halogens is 1. The van der Waals surface area contributed by atoms with Gasteiger partial charge in [-0.2, -0.15) is 0 Å². The van der Waals surface area contributed by atoms with Gasteiger partial charge in [-0.1, -0.05) is 23.7 Å². The molecule has 0 bridgehead atoms. The molecule has 0 aliphatic heterocycles. The molecule has 3 aromatic rings. The van der Waals surface area contributed by atoms with Gasteiger partial charge in [0, 0.05) is 21.5 Å². The standard InChI is InChI=1S/C16H9ClO3/c17-13-3-1-2-11(7-13)16(19)15-8-12-6-10(9-18)4-5-14(12)20-15/h1-9H. The van der Waals surface area contributed by atoms with Crippen molar-refractivity contribution in [1.82, 2.24) is 0 Å². The van der Waals surface area contributed by atoms with Gasteiger partial charge >= 0.3 is 0 Å². The third-order valence-electron chi connectivity index (χ3n) is 2.99. The molecule has 0 amide bonds. The molecule has 0 aliphatic rings. The second kappa shape index (κ2) is 4.94. The first kappa shape index (κ1) is 12.6. The second-order valence-corrected chi connectivity index (χ2v) is 4.80. The number of hydrogen-bond acceptors (Lipinski definition) is 3. The zero-order chi connectivity index (χ0) is 14.1. The Kier molecular flexibility index (Phi) is 3.12. The molecule has 0 aliphatic carbocycles. The van der Waals surface area contributed by atoms with Crippen LogP contribution in [0.25, 0.3) is 11.0 Å². The first-order chi connectivity index (χ1) is 9.67. The predicted octanol–water partition coefficient (Wildman–Crippen LogP) is 4.13. The van der Waals surface area contributed by atoms with Crippen molar-refractivity contribution in [3.05, 3.63) is 70.4 Å². The van der Waals surface area contributed by atoms with Gasteiger partial charge in [0.05, 0.1) is 0 Å². The molecular formula is C16H9ClO3. The number of carbonyl (C=O) groups excluding carboxylic acids is 2. The van der Waals surface area contributed by atoms with Crippen molar-refractivity contribution in [2.45, 2.75) is 0 Å². The van der Waals surface area contributed by atoms with Gasteiger partial charge in [-0.15, -0.1) is 0 Å². The Balaban J connectivity index is 2.05. The fourth-order valence-corrected chi connectivity index (χ4v) is 2.21. The second-order valence-electron chi connectivity index (χ2n) is 4.37. The molecule has 2 aromatic carbocycles. The Morgan fingerprint density at radius 3 is 2.70 bits per heavy atom. The molecule has 3 nitrogen and oxygen atoms in total. The number of ketones is 1. The molecule has 0 saturated carbocycles. The van der Waals surface area contributed by atoms with Gasteiger partial charge in [0.2, 0.25) is 5.78 Å². The van der Waals surface area contributed by atoms with Gasteiger partial charge < -0.3 is 4.42 Å². The SMILES string of the molecule is O=Cc1ccc2oc(C(=O)c3cccc(Cl)c3)cc2c1. The van der Waals surface area contributed by atoms with E-state index in [4.69, 9.17) is 16.0 Å². The van der Waals surface area contributed by atoms with E-state index in [0.29, 0.717) is 21.7 Å². The number of carbonyl (C=O) groups is 2. The molecule has 3 rings (SSSR count). The van der Waals surface area contributed by atoms with Crippen LogP contribution in [0.3, 0.4) is 0 Å². The maximum Gasteiger partial charge on any atom is 0.228 e. The lowest BCUT2D eigenvalue weighted by molar-refractivity contribution is 0.101. The topological polar surface area (TPSA) is 47.3 Å². The lowest BCUT2D eigenvalue weighted by Gasteiger charge is -1.97. The van der Waals surface area contributed by atoms with Gasteiger partial charge in [0.25, 0.3) is 0 Å². The summed E-state index contributed by atoms with van der Waals surface area (Å²) in [6.45, 7) is 0. The minimum absolute atomic E-state index is 0.227. The third-order valence-corrected chi connectivity index (χ3v) is 3.22. The highest BCUT2D eigenvalue weighted by Crippen LogP contribution is 2.23. The van der Waals surface area contributed by atoms with Crippen molar-refractivity contribution in [2.75, 3.05) is 0 Å². The van der Waals surface area contributed by atoms with Gasteiger partial charge in [0.1, 0.15) is 11.9 Å². The predicted molar refractivity (Wildman–Crippen MR) is 76.5 cm³/mol. The van der Waals surface area contributed by atoms with Crippen molar-refractivity contribution in [1.29, 1.82) is 0 Å². The van der Waals surface area contributed by atoms with Crippen LogP contribution in [0.15, 0.2) is 52.9 Å². The van der Waals surface area contributed by atoms with E-state index in [0.717, 1.165) is 11.7 Å². The fraction of sp³-hybridized carbons (Fsp3) is 0.